The molecule has 1 N–H and O–H groups in total. The fourth-order valence-electron chi connectivity index (χ4n) is 5.04. The van der Waals surface area contributed by atoms with E-state index >= 15 is 0 Å². The maximum Gasteiger partial charge on any atom is 0.348 e. The number of esters is 1. The number of piperidine rings is 1. The highest BCUT2D eigenvalue weighted by Gasteiger charge is 2.55. The number of likely N-dealkylation sites (N-methyl/N-ethyl adjacent to an activating group) is 1. The summed E-state index contributed by atoms with van der Waals surface area (Å²) in [6.07, 6.45) is 4.17. The molecular weight excluding hydrogens is 418 g/mol. The molecule has 4 rings (SSSR count). The van der Waals surface area contributed by atoms with Crippen molar-refractivity contribution in [3.63, 3.8) is 0 Å². The minimum Gasteiger partial charge on any atom is -1.00 e. The molecule has 2 heterocycles. The zero-order valence-corrected chi connectivity index (χ0v) is 18.0. The summed E-state index contributed by atoms with van der Waals surface area (Å²) in [5.74, 6) is -0.572. The van der Waals surface area contributed by atoms with Crippen LogP contribution in [0.2, 0.25) is 0 Å². The third-order valence-corrected chi connectivity index (χ3v) is 6.70. The van der Waals surface area contributed by atoms with Gasteiger partial charge < -0.3 is 31.3 Å². The number of aliphatic hydroxyl groups is 1. The van der Waals surface area contributed by atoms with Crippen molar-refractivity contribution >= 4 is 5.97 Å². The average Bonchev–Trinajstić information content (AvgIpc) is 2.83. The van der Waals surface area contributed by atoms with E-state index in [1.54, 1.807) is 24.3 Å². The third-order valence-electron chi connectivity index (χ3n) is 6.70. The normalized spacial score (nSPS) is 25.6. The number of carbonyl (C=O) groups is 1. The van der Waals surface area contributed by atoms with Gasteiger partial charge in [0.2, 0.25) is 5.60 Å². The van der Waals surface area contributed by atoms with Gasteiger partial charge in [0.15, 0.2) is 6.10 Å². The number of rotatable bonds is 4. The Balaban J connectivity index is 0.00000225. The van der Waals surface area contributed by atoms with Crippen molar-refractivity contribution in [2.75, 3.05) is 14.1 Å². The van der Waals surface area contributed by atoms with E-state index in [-0.39, 0.29) is 23.1 Å². The van der Waals surface area contributed by atoms with Crippen molar-refractivity contribution in [3.8, 4) is 0 Å². The zero-order valence-electron chi connectivity index (χ0n) is 16.4. The predicted molar refractivity (Wildman–Crippen MR) is 104 cm³/mol. The summed E-state index contributed by atoms with van der Waals surface area (Å²) in [7, 11) is 4.48. The largest absolute Gasteiger partial charge is 1.00 e. The number of fused-ring (bicyclic) bond motifs is 2. The van der Waals surface area contributed by atoms with Crippen LogP contribution in [0.5, 0.6) is 0 Å². The van der Waals surface area contributed by atoms with Gasteiger partial charge in [0.25, 0.3) is 0 Å². The maximum absolute atomic E-state index is 13.3. The number of halogens is 1. The van der Waals surface area contributed by atoms with E-state index < -0.39 is 11.6 Å². The van der Waals surface area contributed by atoms with Gasteiger partial charge in [-0.1, -0.05) is 60.7 Å². The number of hydrogen-bond acceptors (Lipinski definition) is 3. The van der Waals surface area contributed by atoms with Crippen LogP contribution in [0.25, 0.3) is 0 Å². The lowest BCUT2D eigenvalue weighted by Crippen LogP contribution is -3.00. The molecule has 2 aromatic carbocycles. The summed E-state index contributed by atoms with van der Waals surface area (Å²) >= 11 is 0. The molecule has 2 aliphatic rings. The molecule has 3 atom stereocenters. The molecule has 0 aromatic heterocycles. The van der Waals surface area contributed by atoms with Crippen molar-refractivity contribution in [1.29, 1.82) is 0 Å². The van der Waals surface area contributed by atoms with Crippen LogP contribution in [-0.4, -0.2) is 47.8 Å². The highest BCUT2D eigenvalue weighted by molar-refractivity contribution is 5.85. The molecule has 5 heteroatoms. The Kier molecular flexibility index (Phi) is 5.99. The van der Waals surface area contributed by atoms with E-state index in [4.69, 9.17) is 4.74 Å². The molecule has 0 radical (unpaired) electrons. The van der Waals surface area contributed by atoms with E-state index in [2.05, 4.69) is 14.1 Å². The van der Waals surface area contributed by atoms with Gasteiger partial charge in [0.05, 0.1) is 20.1 Å². The minimum absolute atomic E-state index is 0. The van der Waals surface area contributed by atoms with Crippen LogP contribution >= 0.6 is 0 Å². The van der Waals surface area contributed by atoms with Gasteiger partial charge >= 0.3 is 5.97 Å². The van der Waals surface area contributed by atoms with Crippen LogP contribution in [0.3, 0.4) is 0 Å². The van der Waals surface area contributed by atoms with Gasteiger partial charge in [-0.3, -0.25) is 0 Å². The molecule has 2 fully saturated rings. The number of benzene rings is 2. The first kappa shape index (κ1) is 21.0. The zero-order chi connectivity index (χ0) is 19.1. The molecule has 4 nitrogen and oxygen atoms in total. The molecular formula is C23H28BrNO3. The van der Waals surface area contributed by atoms with Gasteiger partial charge in [0.1, 0.15) is 6.04 Å². The molecule has 0 saturated carbocycles. The topological polar surface area (TPSA) is 46.5 Å². The third kappa shape index (κ3) is 3.40. The second-order valence-electron chi connectivity index (χ2n) is 8.40. The monoisotopic (exact) mass is 445 g/mol. The summed E-state index contributed by atoms with van der Waals surface area (Å²) in [5.41, 5.74) is -0.720. The van der Waals surface area contributed by atoms with Crippen molar-refractivity contribution in [2.24, 2.45) is 0 Å². The van der Waals surface area contributed by atoms with Crippen LogP contribution in [0.4, 0.5) is 0 Å². The van der Waals surface area contributed by atoms with Crippen molar-refractivity contribution in [3.05, 3.63) is 71.8 Å². The van der Waals surface area contributed by atoms with E-state index in [9.17, 15) is 9.90 Å². The Hall–Kier alpha value is -1.69. The van der Waals surface area contributed by atoms with Crippen LogP contribution in [-0.2, 0) is 15.1 Å². The van der Waals surface area contributed by atoms with E-state index in [1.807, 2.05) is 36.4 Å². The number of nitrogens with zero attached hydrogens (tertiary/aromatic N) is 1. The highest BCUT2D eigenvalue weighted by atomic mass is 79.9. The lowest BCUT2D eigenvalue weighted by atomic mass is 9.86. The van der Waals surface area contributed by atoms with E-state index in [1.165, 1.54) is 12.8 Å². The fourth-order valence-corrected chi connectivity index (χ4v) is 5.04. The Morgan fingerprint density at radius 1 is 1.00 bits per heavy atom. The minimum atomic E-state index is -1.80. The van der Waals surface area contributed by atoms with Gasteiger partial charge in [-0.15, -0.1) is 0 Å². The Bertz CT molecular complexity index is 770. The van der Waals surface area contributed by atoms with E-state index in [0.717, 1.165) is 17.3 Å². The van der Waals surface area contributed by atoms with Gasteiger partial charge in [-0.2, -0.15) is 0 Å². The number of carbonyl (C=O) groups excluding carboxylic acids is 1. The molecule has 2 saturated heterocycles. The summed E-state index contributed by atoms with van der Waals surface area (Å²) in [4.78, 5) is 13.3. The summed E-state index contributed by atoms with van der Waals surface area (Å²) in [6.45, 7) is 0. The molecule has 28 heavy (non-hydrogen) atoms. The summed E-state index contributed by atoms with van der Waals surface area (Å²) < 4.78 is 6.94. The van der Waals surface area contributed by atoms with Crippen molar-refractivity contribution in [1.82, 2.24) is 0 Å². The lowest BCUT2D eigenvalue weighted by molar-refractivity contribution is -0.931. The maximum atomic E-state index is 13.3. The first-order valence-electron chi connectivity index (χ1n) is 9.82. The standard InChI is InChI=1S/C23H28NO3.BrH/c1-24(2)19-14-9-15-20(24)21(16-19)27-22(25)23(26,17-10-5-3-6-11-17)18-12-7-4-8-13-18;/h3-8,10-13,19-21,26H,9,14-16H2,1-2H3;1H/q+1;/p-1/t19?,20?,21-;/m0./s1. The summed E-state index contributed by atoms with van der Waals surface area (Å²) in [5, 5.41) is 11.6. The number of hydrogen-bond donors (Lipinski definition) is 1. The first-order valence-corrected chi connectivity index (χ1v) is 9.82. The average molecular weight is 446 g/mol. The van der Waals surface area contributed by atoms with Crippen LogP contribution in [0, 0.1) is 0 Å². The smallest absolute Gasteiger partial charge is 0.348 e. The SMILES string of the molecule is C[N+]1(C)C2CCCC1[C@@H](OC(=O)C(O)(c1ccccc1)c1ccccc1)C2.[Br-]. The second-order valence-corrected chi connectivity index (χ2v) is 8.40. The van der Waals surface area contributed by atoms with Crippen molar-refractivity contribution < 1.29 is 36.1 Å². The fraction of sp³-hybridized carbons (Fsp3) is 0.435. The Morgan fingerprint density at radius 3 is 2.04 bits per heavy atom. The molecule has 2 bridgehead atoms. The van der Waals surface area contributed by atoms with Crippen molar-refractivity contribution in [2.45, 2.75) is 49.5 Å². The highest BCUT2D eigenvalue weighted by Crippen LogP contribution is 2.42. The van der Waals surface area contributed by atoms with Crippen LogP contribution in [0.1, 0.15) is 36.8 Å². The number of ether oxygens (including phenoxy) is 1. The molecule has 2 aromatic rings. The van der Waals surface area contributed by atoms with Gasteiger partial charge in [0, 0.05) is 12.8 Å². The molecule has 2 aliphatic heterocycles. The molecule has 0 aliphatic carbocycles. The van der Waals surface area contributed by atoms with Crippen LogP contribution in [0.15, 0.2) is 60.7 Å². The van der Waals surface area contributed by atoms with Crippen LogP contribution < -0.4 is 17.0 Å². The molecule has 2 unspecified atom stereocenters. The van der Waals surface area contributed by atoms with E-state index in [0.29, 0.717) is 23.2 Å². The molecule has 0 spiro atoms. The Labute approximate surface area is 177 Å². The molecule has 150 valence electrons. The number of quaternary nitrogens is 1. The summed E-state index contributed by atoms with van der Waals surface area (Å²) in [6, 6.07) is 19.0. The second kappa shape index (κ2) is 7.97. The Morgan fingerprint density at radius 2 is 1.54 bits per heavy atom. The van der Waals surface area contributed by atoms with Gasteiger partial charge in [-0.25, -0.2) is 4.79 Å². The lowest BCUT2D eigenvalue weighted by Gasteiger charge is -2.41. The molecule has 0 amide bonds. The quantitative estimate of drug-likeness (QED) is 0.541. The predicted octanol–water partition coefficient (Wildman–Crippen LogP) is 0.240. The van der Waals surface area contributed by atoms with Gasteiger partial charge in [-0.05, 0) is 24.0 Å². The first-order chi connectivity index (χ1) is 12.9.